The summed E-state index contributed by atoms with van der Waals surface area (Å²) >= 11 is 0. The largest absolute Gasteiger partial charge is 0.484 e. The third-order valence-corrected chi connectivity index (χ3v) is 3.34. The van der Waals surface area contributed by atoms with Crippen molar-refractivity contribution in [1.29, 1.82) is 0 Å². The van der Waals surface area contributed by atoms with Gasteiger partial charge < -0.3 is 15.4 Å². The van der Waals surface area contributed by atoms with E-state index in [1.807, 2.05) is 18.7 Å². The van der Waals surface area contributed by atoms with Crippen LogP contribution in [0.3, 0.4) is 0 Å². The summed E-state index contributed by atoms with van der Waals surface area (Å²) in [5, 5.41) is 0. The van der Waals surface area contributed by atoms with Gasteiger partial charge >= 0.3 is 0 Å². The average Bonchev–Trinajstić information content (AvgIpc) is 3.18. The van der Waals surface area contributed by atoms with Crippen molar-refractivity contribution in [3.63, 3.8) is 0 Å². The standard InChI is InChI=1S/C15H22N2O2/c1-11(2)17(9-12-3-4-12)15(18)10-19-14-7-5-13(16)6-8-14/h5-8,11-12H,3-4,9-10,16H2,1-2H3. The monoisotopic (exact) mass is 262 g/mol. The number of rotatable bonds is 6. The highest BCUT2D eigenvalue weighted by Gasteiger charge is 2.28. The predicted molar refractivity (Wildman–Crippen MR) is 75.9 cm³/mol. The third-order valence-electron chi connectivity index (χ3n) is 3.34. The van der Waals surface area contributed by atoms with Gasteiger partial charge in [-0.2, -0.15) is 0 Å². The Morgan fingerprint density at radius 2 is 2.00 bits per heavy atom. The van der Waals surface area contributed by atoms with Crippen molar-refractivity contribution in [3.8, 4) is 5.75 Å². The number of carbonyl (C=O) groups excluding carboxylic acids is 1. The first-order valence-electron chi connectivity index (χ1n) is 6.84. The van der Waals surface area contributed by atoms with E-state index in [0.717, 1.165) is 6.54 Å². The molecular formula is C15H22N2O2. The summed E-state index contributed by atoms with van der Waals surface area (Å²) in [7, 11) is 0. The molecule has 0 unspecified atom stereocenters. The minimum Gasteiger partial charge on any atom is -0.484 e. The molecule has 1 aromatic carbocycles. The Morgan fingerprint density at radius 3 is 2.53 bits per heavy atom. The van der Waals surface area contributed by atoms with Gasteiger partial charge in [0.1, 0.15) is 5.75 Å². The number of nitrogens with two attached hydrogens (primary N) is 1. The van der Waals surface area contributed by atoms with Crippen molar-refractivity contribution in [2.45, 2.75) is 32.7 Å². The Kier molecular flexibility index (Phi) is 4.30. The summed E-state index contributed by atoms with van der Waals surface area (Å²) in [5.74, 6) is 1.43. The van der Waals surface area contributed by atoms with Crippen molar-refractivity contribution in [1.82, 2.24) is 4.90 Å². The lowest BCUT2D eigenvalue weighted by Gasteiger charge is -2.26. The molecule has 104 valence electrons. The molecule has 19 heavy (non-hydrogen) atoms. The summed E-state index contributed by atoms with van der Waals surface area (Å²) in [6.07, 6.45) is 2.49. The Labute approximate surface area is 114 Å². The second-order valence-corrected chi connectivity index (χ2v) is 5.44. The fourth-order valence-electron chi connectivity index (χ4n) is 1.97. The summed E-state index contributed by atoms with van der Waals surface area (Å²) < 4.78 is 5.51. The van der Waals surface area contributed by atoms with Crippen LogP contribution in [-0.2, 0) is 4.79 Å². The highest BCUT2D eigenvalue weighted by atomic mass is 16.5. The minimum atomic E-state index is 0.0544. The maximum Gasteiger partial charge on any atom is 0.260 e. The van der Waals surface area contributed by atoms with E-state index in [1.165, 1.54) is 12.8 Å². The van der Waals surface area contributed by atoms with Gasteiger partial charge in [0.05, 0.1) is 0 Å². The highest BCUT2D eigenvalue weighted by molar-refractivity contribution is 5.78. The lowest BCUT2D eigenvalue weighted by atomic mass is 10.2. The summed E-state index contributed by atoms with van der Waals surface area (Å²) in [6, 6.07) is 7.32. The van der Waals surface area contributed by atoms with Crippen LogP contribution in [0.25, 0.3) is 0 Å². The van der Waals surface area contributed by atoms with Crippen LogP contribution in [-0.4, -0.2) is 30.0 Å². The number of benzene rings is 1. The van der Waals surface area contributed by atoms with E-state index < -0.39 is 0 Å². The number of amides is 1. The zero-order chi connectivity index (χ0) is 13.8. The molecule has 0 bridgehead atoms. The third kappa shape index (κ3) is 4.16. The Balaban J connectivity index is 1.85. The molecule has 1 aliphatic rings. The number of anilines is 1. The van der Waals surface area contributed by atoms with E-state index in [4.69, 9.17) is 10.5 Å². The molecule has 1 saturated carbocycles. The van der Waals surface area contributed by atoms with Crippen LogP contribution in [0.15, 0.2) is 24.3 Å². The fraction of sp³-hybridized carbons (Fsp3) is 0.533. The first kappa shape index (κ1) is 13.7. The number of nitrogens with zero attached hydrogens (tertiary/aromatic N) is 1. The van der Waals surface area contributed by atoms with Crippen LogP contribution < -0.4 is 10.5 Å². The van der Waals surface area contributed by atoms with Crippen LogP contribution in [0.1, 0.15) is 26.7 Å². The van der Waals surface area contributed by atoms with Gasteiger partial charge in [0.15, 0.2) is 6.61 Å². The lowest BCUT2D eigenvalue weighted by molar-refractivity contribution is -0.135. The van der Waals surface area contributed by atoms with Crippen molar-refractivity contribution in [3.05, 3.63) is 24.3 Å². The molecule has 0 aromatic heterocycles. The molecule has 0 saturated heterocycles. The van der Waals surface area contributed by atoms with Crippen molar-refractivity contribution < 1.29 is 9.53 Å². The molecule has 1 fully saturated rings. The second kappa shape index (κ2) is 5.95. The van der Waals surface area contributed by atoms with Gasteiger partial charge in [0.2, 0.25) is 0 Å². The molecule has 0 aliphatic heterocycles. The number of ether oxygens (including phenoxy) is 1. The smallest absolute Gasteiger partial charge is 0.260 e. The topological polar surface area (TPSA) is 55.6 Å². The maximum absolute atomic E-state index is 12.2. The Morgan fingerprint density at radius 1 is 1.37 bits per heavy atom. The normalized spacial score (nSPS) is 14.5. The van der Waals surface area contributed by atoms with Crippen LogP contribution in [0, 0.1) is 5.92 Å². The maximum atomic E-state index is 12.2. The predicted octanol–water partition coefficient (Wildman–Crippen LogP) is 2.29. The molecule has 1 aromatic rings. The van der Waals surface area contributed by atoms with E-state index in [1.54, 1.807) is 24.3 Å². The van der Waals surface area contributed by atoms with E-state index in [-0.39, 0.29) is 18.6 Å². The van der Waals surface area contributed by atoms with Gasteiger partial charge in [-0.1, -0.05) is 0 Å². The molecule has 1 aliphatic carbocycles. The quantitative estimate of drug-likeness (QED) is 0.800. The molecule has 0 atom stereocenters. The van der Waals surface area contributed by atoms with Crippen molar-refractivity contribution >= 4 is 11.6 Å². The van der Waals surface area contributed by atoms with Crippen molar-refractivity contribution in [2.75, 3.05) is 18.9 Å². The molecule has 2 N–H and O–H groups in total. The summed E-state index contributed by atoms with van der Waals surface area (Å²) in [5.41, 5.74) is 6.29. The van der Waals surface area contributed by atoms with Gasteiger partial charge in [-0.05, 0) is 56.9 Å². The zero-order valence-corrected chi connectivity index (χ0v) is 11.6. The van der Waals surface area contributed by atoms with Gasteiger partial charge in [0, 0.05) is 18.3 Å². The van der Waals surface area contributed by atoms with E-state index >= 15 is 0 Å². The van der Waals surface area contributed by atoms with Gasteiger partial charge in [-0.25, -0.2) is 0 Å². The van der Waals surface area contributed by atoms with Gasteiger partial charge in [-0.15, -0.1) is 0 Å². The fourth-order valence-corrected chi connectivity index (χ4v) is 1.97. The molecule has 1 amide bonds. The molecule has 4 heteroatoms. The molecule has 0 radical (unpaired) electrons. The first-order chi connectivity index (χ1) is 9.06. The minimum absolute atomic E-state index is 0.0544. The highest BCUT2D eigenvalue weighted by Crippen LogP contribution is 2.30. The number of hydrogen-bond donors (Lipinski definition) is 1. The van der Waals surface area contributed by atoms with E-state index in [2.05, 4.69) is 0 Å². The molecular weight excluding hydrogens is 240 g/mol. The summed E-state index contributed by atoms with van der Waals surface area (Å²) in [4.78, 5) is 14.1. The van der Waals surface area contributed by atoms with E-state index in [0.29, 0.717) is 17.4 Å². The Bertz CT molecular complexity index is 424. The SMILES string of the molecule is CC(C)N(CC1CC1)C(=O)COc1ccc(N)cc1. The van der Waals surface area contributed by atoms with E-state index in [9.17, 15) is 4.79 Å². The van der Waals surface area contributed by atoms with Crippen LogP contribution in [0.4, 0.5) is 5.69 Å². The van der Waals surface area contributed by atoms with Gasteiger partial charge in [-0.3, -0.25) is 4.79 Å². The Hall–Kier alpha value is -1.71. The molecule has 0 heterocycles. The number of carbonyl (C=O) groups is 1. The van der Waals surface area contributed by atoms with Crippen LogP contribution in [0.2, 0.25) is 0 Å². The zero-order valence-electron chi connectivity index (χ0n) is 11.6. The molecule has 0 spiro atoms. The lowest BCUT2D eigenvalue weighted by Crippen LogP contribution is -2.41. The number of hydrogen-bond acceptors (Lipinski definition) is 3. The van der Waals surface area contributed by atoms with Gasteiger partial charge in [0.25, 0.3) is 5.91 Å². The average molecular weight is 262 g/mol. The number of nitrogen functional groups attached to an aromatic ring is 1. The van der Waals surface area contributed by atoms with Crippen LogP contribution in [0.5, 0.6) is 5.75 Å². The molecule has 2 rings (SSSR count). The summed E-state index contributed by atoms with van der Waals surface area (Å²) in [6.45, 7) is 5.05. The van der Waals surface area contributed by atoms with Crippen molar-refractivity contribution in [2.24, 2.45) is 5.92 Å². The van der Waals surface area contributed by atoms with Crippen LogP contribution >= 0.6 is 0 Å². The molecule has 4 nitrogen and oxygen atoms in total. The second-order valence-electron chi connectivity index (χ2n) is 5.44. The first-order valence-corrected chi connectivity index (χ1v) is 6.84.